The van der Waals surface area contributed by atoms with Crippen molar-refractivity contribution in [3.8, 4) is 0 Å². The third kappa shape index (κ3) is 7.31. The lowest BCUT2D eigenvalue weighted by Crippen LogP contribution is -2.36. The van der Waals surface area contributed by atoms with Gasteiger partial charge >= 0.3 is 21.1 Å². The predicted molar refractivity (Wildman–Crippen MR) is 137 cm³/mol. The van der Waals surface area contributed by atoms with E-state index in [-0.39, 0.29) is 10.3 Å². The molecule has 0 amide bonds. The van der Waals surface area contributed by atoms with Crippen LogP contribution in [0.5, 0.6) is 0 Å². The first kappa shape index (κ1) is 29.4. The first-order chi connectivity index (χ1) is 17.9. The summed E-state index contributed by atoms with van der Waals surface area (Å²) in [6, 6.07) is 6.44. The number of benzene rings is 1. The first-order valence-corrected chi connectivity index (χ1v) is 15.5. The molecule has 1 aliphatic carbocycles. The first-order valence-electron chi connectivity index (χ1n) is 12.1. The fourth-order valence-electron chi connectivity index (χ4n) is 4.45. The van der Waals surface area contributed by atoms with E-state index in [4.69, 9.17) is 20.9 Å². The summed E-state index contributed by atoms with van der Waals surface area (Å²) in [6.45, 7) is -0.106. The van der Waals surface area contributed by atoms with Gasteiger partial charge in [-0.2, -0.15) is 4.98 Å². The molecule has 0 spiro atoms. The monoisotopic (exact) mass is 593 g/mol. The lowest BCUT2D eigenvalue weighted by atomic mass is 9.89. The number of nitrogens with zero attached hydrogens (tertiary/aromatic N) is 2. The molecule has 0 bridgehead atoms. The van der Waals surface area contributed by atoms with Crippen LogP contribution < -0.4 is 16.3 Å². The number of ether oxygens (including phenoxy) is 1. The molecule has 13 nitrogen and oxygen atoms in total. The van der Waals surface area contributed by atoms with E-state index in [2.05, 4.69) is 14.6 Å². The minimum absolute atomic E-state index is 0.275. The zero-order valence-corrected chi connectivity index (χ0v) is 22.8. The molecule has 2 aliphatic rings. The number of aliphatic hydroxyl groups is 2. The summed E-state index contributed by atoms with van der Waals surface area (Å²) in [6.07, 6.45) is 1.26. The predicted octanol–water partition coefficient (Wildman–Crippen LogP) is 2.15. The molecule has 2 aromatic rings. The number of nitrogens with one attached hydrogen (secondary N) is 1. The second kappa shape index (κ2) is 12.3. The summed E-state index contributed by atoms with van der Waals surface area (Å²) in [7, 11) is -9.90. The third-order valence-electron chi connectivity index (χ3n) is 6.51. The molecule has 210 valence electrons. The average Bonchev–Trinajstić information content (AvgIpc) is 3.15. The SMILES string of the molecule is O=c1nc(NCC2CCCCC2)ccn1[C@@H]1O[C@H](COP(=O)(O)OP(=O)(O)c2ccc(Cl)cc2)[C@H](O)C1O. The number of anilines is 1. The van der Waals surface area contributed by atoms with Crippen LogP contribution >= 0.6 is 27.0 Å². The maximum atomic E-state index is 12.6. The maximum Gasteiger partial charge on any atom is 0.479 e. The summed E-state index contributed by atoms with van der Waals surface area (Å²) >= 11 is 5.73. The van der Waals surface area contributed by atoms with Gasteiger partial charge in [0.2, 0.25) is 0 Å². The summed E-state index contributed by atoms with van der Waals surface area (Å²) in [5, 5.41) is 23.9. The number of halogens is 1. The molecular weight excluding hydrogens is 564 g/mol. The zero-order chi connectivity index (χ0) is 27.5. The van der Waals surface area contributed by atoms with E-state index in [9.17, 15) is 33.9 Å². The highest BCUT2D eigenvalue weighted by Crippen LogP contribution is 2.59. The van der Waals surface area contributed by atoms with Crippen LogP contribution in [0.2, 0.25) is 5.02 Å². The Balaban J connectivity index is 1.35. The zero-order valence-electron chi connectivity index (χ0n) is 20.2. The van der Waals surface area contributed by atoms with Crippen molar-refractivity contribution in [2.24, 2.45) is 5.92 Å². The summed E-state index contributed by atoms with van der Waals surface area (Å²) < 4.78 is 40.4. The van der Waals surface area contributed by atoms with Crippen molar-refractivity contribution in [3.05, 3.63) is 52.0 Å². The standard InChI is InChI=1S/C22H30ClN3O10P2/c23-15-6-8-16(9-7-15)37(30,31)36-38(32,33)34-13-17-19(27)20(28)21(35-17)26-11-10-18(25-22(26)29)24-12-14-4-2-1-3-5-14/h6-11,14,17,19-21,27-28H,1-5,12-13H2,(H,30,31)(H,32,33)(H,24,25,29)/t17-,19+,20?,21-/m1/s1. The molecule has 2 heterocycles. The molecule has 5 N–H and O–H groups in total. The molecule has 1 aromatic heterocycles. The van der Waals surface area contributed by atoms with Crippen molar-refractivity contribution < 1.29 is 42.7 Å². The highest BCUT2D eigenvalue weighted by Gasteiger charge is 2.46. The average molecular weight is 594 g/mol. The summed E-state index contributed by atoms with van der Waals surface area (Å²) in [4.78, 5) is 36.6. The van der Waals surface area contributed by atoms with Crippen LogP contribution in [-0.2, 0) is 22.7 Å². The second-order valence-electron chi connectivity index (χ2n) is 9.28. The Hall–Kier alpha value is -1.63. The molecule has 1 saturated carbocycles. The maximum absolute atomic E-state index is 12.6. The van der Waals surface area contributed by atoms with Gasteiger partial charge in [0.15, 0.2) is 6.23 Å². The van der Waals surface area contributed by atoms with E-state index in [1.807, 2.05) is 0 Å². The minimum atomic E-state index is -5.13. The molecule has 16 heteroatoms. The molecule has 2 fully saturated rings. The van der Waals surface area contributed by atoms with Crippen molar-refractivity contribution in [1.29, 1.82) is 0 Å². The van der Waals surface area contributed by atoms with Crippen LogP contribution in [-0.4, -0.2) is 61.0 Å². The van der Waals surface area contributed by atoms with Crippen molar-refractivity contribution >= 4 is 38.1 Å². The van der Waals surface area contributed by atoms with Gasteiger partial charge in [-0.15, -0.1) is 0 Å². The molecule has 3 unspecified atom stereocenters. The van der Waals surface area contributed by atoms with Gasteiger partial charge in [-0.05, 0) is 49.1 Å². The van der Waals surface area contributed by atoms with Crippen LogP contribution in [0.1, 0.15) is 38.3 Å². The van der Waals surface area contributed by atoms with Gasteiger partial charge in [0, 0.05) is 17.8 Å². The van der Waals surface area contributed by atoms with Gasteiger partial charge < -0.3 is 30.1 Å². The van der Waals surface area contributed by atoms with E-state index >= 15 is 0 Å². The summed E-state index contributed by atoms with van der Waals surface area (Å²) in [5.41, 5.74) is -0.739. The Morgan fingerprint density at radius 1 is 1.08 bits per heavy atom. The minimum Gasteiger partial charge on any atom is -0.387 e. The van der Waals surface area contributed by atoms with Crippen molar-refractivity contribution in [1.82, 2.24) is 9.55 Å². The van der Waals surface area contributed by atoms with Crippen molar-refractivity contribution in [2.75, 3.05) is 18.5 Å². The Kier molecular flexibility index (Phi) is 9.47. The Labute approximate surface area is 223 Å². The quantitative estimate of drug-likeness (QED) is 0.253. The molecule has 38 heavy (non-hydrogen) atoms. The van der Waals surface area contributed by atoms with Crippen LogP contribution in [0.4, 0.5) is 5.82 Å². The topological polar surface area (TPSA) is 190 Å². The van der Waals surface area contributed by atoms with Gasteiger partial charge in [-0.3, -0.25) is 13.7 Å². The fourth-order valence-corrected chi connectivity index (χ4v) is 7.12. The Morgan fingerprint density at radius 2 is 1.76 bits per heavy atom. The molecule has 1 aromatic carbocycles. The highest BCUT2D eigenvalue weighted by atomic mass is 35.5. The Morgan fingerprint density at radius 3 is 2.42 bits per heavy atom. The number of rotatable bonds is 10. The van der Waals surface area contributed by atoms with E-state index < -0.39 is 52.3 Å². The largest absolute Gasteiger partial charge is 0.479 e. The highest BCUT2D eigenvalue weighted by molar-refractivity contribution is 7.69. The molecular formula is C22H30ClN3O10P2. The van der Waals surface area contributed by atoms with E-state index in [0.29, 0.717) is 18.3 Å². The normalized spacial score (nSPS) is 27.5. The third-order valence-corrected chi connectivity index (χ3v) is 9.90. The molecule has 1 aliphatic heterocycles. The fraction of sp³-hybridized carbons (Fsp3) is 0.545. The number of aromatic nitrogens is 2. The van der Waals surface area contributed by atoms with Crippen LogP contribution in [0, 0.1) is 5.92 Å². The van der Waals surface area contributed by atoms with Gasteiger partial charge in [0.25, 0.3) is 0 Å². The van der Waals surface area contributed by atoms with Gasteiger partial charge in [0.05, 0.1) is 11.9 Å². The van der Waals surface area contributed by atoms with Crippen LogP contribution in [0.25, 0.3) is 0 Å². The smallest absolute Gasteiger partial charge is 0.387 e. The van der Waals surface area contributed by atoms with Gasteiger partial charge in [-0.1, -0.05) is 30.9 Å². The second-order valence-corrected chi connectivity index (χ2v) is 13.1. The Bertz CT molecular complexity index is 1260. The van der Waals surface area contributed by atoms with E-state index in [0.717, 1.165) is 29.5 Å². The van der Waals surface area contributed by atoms with E-state index in [1.54, 1.807) is 6.07 Å². The molecule has 6 atom stereocenters. The summed E-state index contributed by atoms with van der Waals surface area (Å²) in [5.74, 6) is 0.888. The van der Waals surface area contributed by atoms with Gasteiger partial charge in [-0.25, -0.2) is 13.7 Å². The number of phosphoric acid groups is 1. The van der Waals surface area contributed by atoms with E-state index in [1.165, 1.54) is 37.6 Å². The van der Waals surface area contributed by atoms with Crippen LogP contribution in [0.15, 0.2) is 41.3 Å². The number of hydrogen-bond donors (Lipinski definition) is 5. The molecule has 4 rings (SSSR count). The lowest BCUT2D eigenvalue weighted by molar-refractivity contribution is -0.0540. The lowest BCUT2D eigenvalue weighted by Gasteiger charge is -2.22. The van der Waals surface area contributed by atoms with Gasteiger partial charge in [0.1, 0.15) is 24.1 Å². The van der Waals surface area contributed by atoms with Crippen molar-refractivity contribution in [2.45, 2.75) is 56.6 Å². The molecule has 0 radical (unpaired) electrons. The van der Waals surface area contributed by atoms with Crippen LogP contribution in [0.3, 0.4) is 0 Å². The number of aliphatic hydroxyl groups excluding tert-OH is 2. The number of phosphoric ester groups is 1. The molecule has 1 saturated heterocycles. The van der Waals surface area contributed by atoms with Crippen molar-refractivity contribution in [3.63, 3.8) is 0 Å². The number of hydrogen-bond acceptors (Lipinski definition) is 10.